The van der Waals surface area contributed by atoms with Crippen LogP contribution in [0, 0.1) is 17.0 Å². The Labute approximate surface area is 115 Å². The minimum Gasteiger partial charge on any atom is -0.469 e. The van der Waals surface area contributed by atoms with Gasteiger partial charge in [0.15, 0.2) is 0 Å². The van der Waals surface area contributed by atoms with Crippen LogP contribution < -0.4 is 11.1 Å². The number of nitrogen functional groups attached to an aromatic ring is 1. The molecule has 0 amide bonds. The van der Waals surface area contributed by atoms with Gasteiger partial charge >= 0.3 is 5.69 Å². The third-order valence-corrected chi connectivity index (χ3v) is 2.73. The summed E-state index contributed by atoms with van der Waals surface area (Å²) in [5.41, 5.74) is 5.61. The van der Waals surface area contributed by atoms with E-state index in [-0.39, 0.29) is 29.2 Å². The maximum Gasteiger partial charge on any atom is 0.332 e. The Bertz CT molecular complexity index is 612. The number of hydrogen-bond donors (Lipinski definition) is 2. The molecule has 1 unspecified atom stereocenters. The zero-order chi connectivity index (χ0) is 14.7. The van der Waals surface area contributed by atoms with Gasteiger partial charge in [0.05, 0.1) is 11.2 Å². The summed E-state index contributed by atoms with van der Waals surface area (Å²) in [5.74, 6) is 0.909. The highest BCUT2D eigenvalue weighted by molar-refractivity contribution is 5.60. The Balaban J connectivity index is 2.21. The van der Waals surface area contributed by atoms with E-state index in [4.69, 9.17) is 10.2 Å². The van der Waals surface area contributed by atoms with Gasteiger partial charge in [0.2, 0.25) is 11.8 Å². The van der Waals surface area contributed by atoms with Crippen LogP contribution in [0.3, 0.4) is 0 Å². The van der Waals surface area contributed by atoms with E-state index in [9.17, 15) is 10.1 Å². The van der Waals surface area contributed by atoms with Crippen molar-refractivity contribution < 1.29 is 9.34 Å². The summed E-state index contributed by atoms with van der Waals surface area (Å²) in [6, 6.07) is 3.53. The molecule has 2 aromatic rings. The maximum absolute atomic E-state index is 11.1. The average Bonchev–Trinajstić information content (AvgIpc) is 2.79. The topological polar surface area (TPSA) is 120 Å². The second-order valence-corrected chi connectivity index (χ2v) is 4.45. The molecule has 0 aliphatic heterocycles. The zero-order valence-corrected chi connectivity index (χ0v) is 11.2. The maximum atomic E-state index is 11.1. The molecule has 0 saturated carbocycles. The van der Waals surface area contributed by atoms with Crippen molar-refractivity contribution in [3.05, 3.63) is 40.0 Å². The van der Waals surface area contributed by atoms with Crippen molar-refractivity contribution in [2.45, 2.75) is 26.3 Å². The fourth-order valence-electron chi connectivity index (χ4n) is 1.92. The predicted octanol–water partition coefficient (Wildman–Crippen LogP) is 1.91. The summed E-state index contributed by atoms with van der Waals surface area (Å²) < 4.78 is 5.24. The number of aromatic nitrogens is 2. The van der Waals surface area contributed by atoms with E-state index in [1.165, 1.54) is 6.92 Å². The Hall–Kier alpha value is -2.64. The molecular formula is C12H15N5O3. The first-order chi connectivity index (χ1) is 9.47. The molecule has 0 radical (unpaired) electrons. The van der Waals surface area contributed by atoms with Crippen LogP contribution in [0.5, 0.6) is 0 Å². The van der Waals surface area contributed by atoms with Gasteiger partial charge < -0.3 is 15.5 Å². The van der Waals surface area contributed by atoms with Crippen LogP contribution in [-0.4, -0.2) is 20.9 Å². The van der Waals surface area contributed by atoms with Crippen LogP contribution in [0.2, 0.25) is 0 Å². The largest absolute Gasteiger partial charge is 0.469 e. The van der Waals surface area contributed by atoms with Crippen LogP contribution in [0.25, 0.3) is 0 Å². The minimum atomic E-state index is -0.517. The number of furan rings is 1. The lowest BCUT2D eigenvalue weighted by atomic mass is 10.2. The van der Waals surface area contributed by atoms with Crippen molar-refractivity contribution in [1.82, 2.24) is 9.97 Å². The third kappa shape index (κ3) is 3.02. The minimum absolute atomic E-state index is 0.000739. The van der Waals surface area contributed by atoms with E-state index < -0.39 is 4.92 Å². The first-order valence-electron chi connectivity index (χ1n) is 6.04. The second-order valence-electron chi connectivity index (χ2n) is 4.45. The van der Waals surface area contributed by atoms with E-state index in [1.807, 2.05) is 13.0 Å². The van der Waals surface area contributed by atoms with Gasteiger partial charge in [-0.3, -0.25) is 10.1 Å². The van der Waals surface area contributed by atoms with E-state index in [2.05, 4.69) is 15.3 Å². The SMILES string of the molecule is Cc1nc(N)nc(NC(C)Cc2ccco2)c1[N+](=O)[O-]. The number of nitrogens with one attached hydrogen (secondary N) is 1. The van der Waals surface area contributed by atoms with E-state index >= 15 is 0 Å². The Morgan fingerprint density at radius 2 is 2.30 bits per heavy atom. The lowest BCUT2D eigenvalue weighted by molar-refractivity contribution is -0.385. The Morgan fingerprint density at radius 3 is 2.90 bits per heavy atom. The summed E-state index contributed by atoms with van der Waals surface area (Å²) in [6.07, 6.45) is 2.16. The molecule has 106 valence electrons. The van der Waals surface area contributed by atoms with Crippen LogP contribution in [0.1, 0.15) is 18.4 Å². The average molecular weight is 277 g/mol. The molecule has 0 aliphatic rings. The first kappa shape index (κ1) is 13.8. The lowest BCUT2D eigenvalue weighted by Gasteiger charge is -2.14. The van der Waals surface area contributed by atoms with Crippen LogP contribution in [-0.2, 0) is 6.42 Å². The number of hydrogen-bond acceptors (Lipinski definition) is 7. The van der Waals surface area contributed by atoms with Crippen LogP contribution in [0.4, 0.5) is 17.5 Å². The van der Waals surface area contributed by atoms with Gasteiger partial charge in [0.1, 0.15) is 11.5 Å². The van der Waals surface area contributed by atoms with Gasteiger partial charge in [0, 0.05) is 12.5 Å². The quantitative estimate of drug-likeness (QED) is 0.632. The lowest BCUT2D eigenvalue weighted by Crippen LogP contribution is -2.20. The summed E-state index contributed by atoms with van der Waals surface area (Å²) >= 11 is 0. The molecule has 0 aliphatic carbocycles. The van der Waals surface area contributed by atoms with Crippen LogP contribution >= 0.6 is 0 Å². The van der Waals surface area contributed by atoms with E-state index in [1.54, 1.807) is 12.3 Å². The molecule has 0 aromatic carbocycles. The molecule has 1 atom stereocenters. The molecular weight excluding hydrogens is 262 g/mol. The van der Waals surface area contributed by atoms with Crippen molar-refractivity contribution in [3.63, 3.8) is 0 Å². The van der Waals surface area contributed by atoms with Gasteiger partial charge in [-0.1, -0.05) is 0 Å². The summed E-state index contributed by atoms with van der Waals surface area (Å²) in [6.45, 7) is 3.40. The molecule has 20 heavy (non-hydrogen) atoms. The van der Waals surface area contributed by atoms with Gasteiger partial charge in [-0.05, 0) is 26.0 Å². The molecule has 2 rings (SSSR count). The van der Waals surface area contributed by atoms with Crippen molar-refractivity contribution >= 4 is 17.5 Å². The van der Waals surface area contributed by atoms with Crippen LogP contribution in [0.15, 0.2) is 22.8 Å². The number of anilines is 2. The summed E-state index contributed by atoms with van der Waals surface area (Å²) in [7, 11) is 0. The molecule has 0 bridgehead atoms. The third-order valence-electron chi connectivity index (χ3n) is 2.73. The molecule has 3 N–H and O–H groups in total. The molecule has 2 heterocycles. The monoisotopic (exact) mass is 277 g/mol. The van der Waals surface area contributed by atoms with Gasteiger partial charge in [0.25, 0.3) is 0 Å². The van der Waals surface area contributed by atoms with Gasteiger partial charge in [-0.15, -0.1) is 0 Å². The van der Waals surface area contributed by atoms with E-state index in [0.29, 0.717) is 6.42 Å². The highest BCUT2D eigenvalue weighted by Crippen LogP contribution is 2.26. The number of nitro groups is 1. The number of rotatable bonds is 5. The van der Waals surface area contributed by atoms with Crippen molar-refractivity contribution in [1.29, 1.82) is 0 Å². The van der Waals surface area contributed by atoms with Crippen molar-refractivity contribution in [2.24, 2.45) is 0 Å². The Kier molecular flexibility index (Phi) is 3.83. The standard InChI is InChI=1S/C12H15N5O3/c1-7(6-9-4-3-5-20-9)14-11-10(17(18)19)8(2)15-12(13)16-11/h3-5,7H,6H2,1-2H3,(H3,13,14,15,16). The number of nitrogens with zero attached hydrogens (tertiary/aromatic N) is 3. The molecule has 2 aromatic heterocycles. The highest BCUT2D eigenvalue weighted by Gasteiger charge is 2.22. The fraction of sp³-hybridized carbons (Fsp3) is 0.333. The molecule has 0 saturated heterocycles. The van der Waals surface area contributed by atoms with E-state index in [0.717, 1.165) is 5.76 Å². The van der Waals surface area contributed by atoms with Gasteiger partial charge in [-0.2, -0.15) is 4.98 Å². The molecule has 0 spiro atoms. The molecule has 8 nitrogen and oxygen atoms in total. The predicted molar refractivity (Wildman–Crippen MR) is 73.3 cm³/mol. The van der Waals surface area contributed by atoms with Crippen molar-refractivity contribution in [3.8, 4) is 0 Å². The van der Waals surface area contributed by atoms with Gasteiger partial charge in [-0.25, -0.2) is 4.98 Å². The smallest absolute Gasteiger partial charge is 0.332 e. The Morgan fingerprint density at radius 1 is 1.55 bits per heavy atom. The number of nitrogens with two attached hydrogens (primary N) is 1. The first-order valence-corrected chi connectivity index (χ1v) is 6.04. The summed E-state index contributed by atoms with van der Waals surface area (Å²) in [5, 5.41) is 14.1. The zero-order valence-electron chi connectivity index (χ0n) is 11.2. The normalized spacial score (nSPS) is 12.1. The summed E-state index contributed by atoms with van der Waals surface area (Å²) in [4.78, 5) is 18.3. The molecule has 8 heteroatoms. The second kappa shape index (κ2) is 5.55. The fourth-order valence-corrected chi connectivity index (χ4v) is 1.92. The highest BCUT2D eigenvalue weighted by atomic mass is 16.6. The van der Waals surface area contributed by atoms with Crippen molar-refractivity contribution in [2.75, 3.05) is 11.1 Å². The molecule has 0 fully saturated rings. The number of aryl methyl sites for hydroxylation is 1.